The molecule has 0 radical (unpaired) electrons. The van der Waals surface area contributed by atoms with Crippen LogP contribution in [-0.4, -0.2) is 29.4 Å². The number of halogens is 1. The van der Waals surface area contributed by atoms with E-state index in [0.717, 1.165) is 23.3 Å². The van der Waals surface area contributed by atoms with Gasteiger partial charge in [-0.25, -0.2) is 0 Å². The zero-order chi connectivity index (χ0) is 13.7. The Hall–Kier alpha value is -0.620. The van der Waals surface area contributed by atoms with Crippen LogP contribution in [0.4, 0.5) is 0 Å². The third-order valence-corrected chi connectivity index (χ3v) is 6.73. The monoisotopic (exact) mass is 338 g/mol. The molecule has 0 amide bonds. The zero-order valence-electron chi connectivity index (χ0n) is 10.7. The van der Waals surface area contributed by atoms with E-state index in [0.29, 0.717) is 0 Å². The van der Waals surface area contributed by atoms with Crippen molar-refractivity contribution in [2.75, 3.05) is 19.3 Å². The number of aliphatic imine (C=N–C) groups is 1. The van der Waals surface area contributed by atoms with Crippen LogP contribution in [0.3, 0.4) is 0 Å². The Morgan fingerprint density at radius 2 is 2.30 bits per heavy atom. The summed E-state index contributed by atoms with van der Waals surface area (Å²) in [5, 5.41) is 5.35. The zero-order valence-corrected chi connectivity index (χ0v) is 13.9. The Kier molecular flexibility index (Phi) is 3.26. The van der Waals surface area contributed by atoms with E-state index < -0.39 is 0 Å². The fourth-order valence-electron chi connectivity index (χ4n) is 2.59. The van der Waals surface area contributed by atoms with Gasteiger partial charge in [0.25, 0.3) is 0 Å². The molecule has 0 unspecified atom stereocenters. The fraction of sp³-hybridized carbons (Fsp3) is 0.214. The normalized spacial score (nSPS) is 18.1. The van der Waals surface area contributed by atoms with E-state index in [1.54, 1.807) is 34.9 Å². The van der Waals surface area contributed by atoms with Crippen molar-refractivity contribution in [2.24, 2.45) is 4.99 Å². The summed E-state index contributed by atoms with van der Waals surface area (Å²) in [5.41, 5.74) is 2.52. The van der Waals surface area contributed by atoms with E-state index in [1.165, 1.54) is 25.6 Å². The van der Waals surface area contributed by atoms with E-state index in [1.807, 2.05) is 6.07 Å². The van der Waals surface area contributed by atoms with Gasteiger partial charge >= 0.3 is 0 Å². The molecule has 3 heterocycles. The molecule has 1 aromatic heterocycles. The molecule has 0 fully saturated rings. The lowest BCUT2D eigenvalue weighted by atomic mass is 10.1. The van der Waals surface area contributed by atoms with E-state index in [4.69, 9.17) is 11.6 Å². The van der Waals surface area contributed by atoms with Crippen LogP contribution in [0.1, 0.15) is 5.56 Å². The summed E-state index contributed by atoms with van der Waals surface area (Å²) in [4.78, 5) is 6.91. The molecule has 2 aromatic rings. The minimum atomic E-state index is 0.803. The van der Waals surface area contributed by atoms with E-state index in [-0.39, 0.29) is 0 Å². The molecule has 20 heavy (non-hydrogen) atoms. The number of fused-ring (bicyclic) bond motifs is 2. The SMILES string of the molecule is CSC1=C(c2cc(Cl)cc3sccc23)N2CCN=C2S1. The Morgan fingerprint density at radius 1 is 1.40 bits per heavy atom. The predicted molar refractivity (Wildman–Crippen MR) is 93.9 cm³/mol. The highest BCUT2D eigenvalue weighted by molar-refractivity contribution is 8.30. The van der Waals surface area contributed by atoms with Gasteiger partial charge in [0.1, 0.15) is 0 Å². The molecule has 102 valence electrons. The van der Waals surface area contributed by atoms with Crippen LogP contribution < -0.4 is 0 Å². The lowest BCUT2D eigenvalue weighted by Crippen LogP contribution is -2.20. The number of hydrogen-bond donors (Lipinski definition) is 0. The number of hydrogen-bond acceptors (Lipinski definition) is 5. The smallest absolute Gasteiger partial charge is 0.169 e. The second-order valence-corrected chi connectivity index (χ2v) is 7.98. The maximum absolute atomic E-state index is 6.31. The number of nitrogens with zero attached hydrogens (tertiary/aromatic N) is 2. The lowest BCUT2D eigenvalue weighted by Gasteiger charge is -2.18. The van der Waals surface area contributed by atoms with Crippen LogP contribution in [0.25, 0.3) is 15.8 Å². The number of rotatable bonds is 2. The Morgan fingerprint density at radius 3 is 3.15 bits per heavy atom. The summed E-state index contributed by atoms with van der Waals surface area (Å²) in [6.07, 6.45) is 2.13. The highest BCUT2D eigenvalue weighted by Gasteiger charge is 2.33. The van der Waals surface area contributed by atoms with Crippen LogP contribution in [0.15, 0.2) is 32.8 Å². The number of benzene rings is 1. The van der Waals surface area contributed by atoms with Crippen molar-refractivity contribution in [3.63, 3.8) is 0 Å². The second kappa shape index (κ2) is 4.98. The first kappa shape index (κ1) is 13.1. The molecule has 0 saturated carbocycles. The van der Waals surface area contributed by atoms with Gasteiger partial charge in [0, 0.05) is 27.2 Å². The summed E-state index contributed by atoms with van der Waals surface area (Å²) in [5.74, 6) is 0. The molecule has 1 aromatic carbocycles. The van der Waals surface area contributed by atoms with Crippen molar-refractivity contribution < 1.29 is 0 Å². The van der Waals surface area contributed by atoms with Crippen LogP contribution in [0.5, 0.6) is 0 Å². The summed E-state index contributed by atoms with van der Waals surface area (Å²) >= 11 is 11.6. The highest BCUT2D eigenvalue weighted by atomic mass is 35.5. The molecule has 2 nitrogen and oxygen atoms in total. The minimum Gasteiger partial charge on any atom is -0.317 e. The average molecular weight is 339 g/mol. The Bertz CT molecular complexity index is 763. The third kappa shape index (κ3) is 1.91. The molecular formula is C14H11ClN2S3. The molecular weight excluding hydrogens is 328 g/mol. The van der Waals surface area contributed by atoms with Crippen molar-refractivity contribution in [2.45, 2.75) is 0 Å². The van der Waals surface area contributed by atoms with Crippen molar-refractivity contribution in [3.05, 3.63) is 38.4 Å². The molecule has 0 spiro atoms. The van der Waals surface area contributed by atoms with Crippen molar-refractivity contribution in [3.8, 4) is 0 Å². The van der Waals surface area contributed by atoms with E-state index in [2.05, 4.69) is 33.7 Å². The van der Waals surface area contributed by atoms with Gasteiger partial charge in [0.15, 0.2) is 5.17 Å². The molecule has 0 N–H and O–H groups in total. The number of thiophene rings is 1. The lowest BCUT2D eigenvalue weighted by molar-refractivity contribution is 0.650. The number of thioether (sulfide) groups is 2. The molecule has 0 bridgehead atoms. The highest BCUT2D eigenvalue weighted by Crippen LogP contribution is 2.48. The summed E-state index contributed by atoms with van der Waals surface area (Å²) in [6, 6.07) is 6.32. The van der Waals surface area contributed by atoms with Crippen molar-refractivity contribution in [1.82, 2.24) is 4.90 Å². The van der Waals surface area contributed by atoms with Crippen LogP contribution in [0.2, 0.25) is 5.02 Å². The van der Waals surface area contributed by atoms with E-state index in [9.17, 15) is 0 Å². The van der Waals surface area contributed by atoms with Crippen molar-refractivity contribution >= 4 is 67.4 Å². The van der Waals surface area contributed by atoms with Gasteiger partial charge in [-0.1, -0.05) is 11.6 Å². The standard InChI is InChI=1S/C14H11ClN2S3/c1-18-13-12(17-4-3-16-14(17)20-13)10-6-8(15)7-11-9(10)2-5-19-11/h2,5-7H,3-4H2,1H3. The molecule has 2 aliphatic heterocycles. The fourth-order valence-corrected chi connectivity index (χ4v) is 5.63. The van der Waals surface area contributed by atoms with Crippen molar-refractivity contribution in [1.29, 1.82) is 0 Å². The molecule has 6 heteroatoms. The quantitative estimate of drug-likeness (QED) is 0.769. The molecule has 0 saturated heterocycles. The van der Waals surface area contributed by atoms with Gasteiger partial charge in [-0.15, -0.1) is 23.1 Å². The van der Waals surface area contributed by atoms with Gasteiger partial charge in [-0.3, -0.25) is 4.99 Å². The van der Waals surface area contributed by atoms with Crippen LogP contribution >= 0.6 is 46.5 Å². The summed E-state index contributed by atoms with van der Waals surface area (Å²) < 4.78 is 2.56. The summed E-state index contributed by atoms with van der Waals surface area (Å²) in [6.45, 7) is 1.86. The topological polar surface area (TPSA) is 15.6 Å². The average Bonchev–Trinajstić information content (AvgIpc) is 3.11. The second-order valence-electron chi connectivity index (χ2n) is 4.54. The molecule has 4 rings (SSSR count). The molecule has 0 aliphatic carbocycles. The first-order valence-corrected chi connectivity index (χ1v) is 9.53. The summed E-state index contributed by atoms with van der Waals surface area (Å²) in [7, 11) is 0. The Balaban J connectivity index is 1.97. The Labute approximate surface area is 134 Å². The molecule has 0 atom stereocenters. The molecule has 2 aliphatic rings. The van der Waals surface area contributed by atoms with Gasteiger partial charge in [-0.05, 0) is 41.6 Å². The van der Waals surface area contributed by atoms with Gasteiger partial charge in [0.05, 0.1) is 16.5 Å². The predicted octanol–water partition coefficient (Wildman–Crippen LogP) is 4.96. The van der Waals surface area contributed by atoms with Gasteiger partial charge < -0.3 is 4.90 Å². The minimum absolute atomic E-state index is 0.803. The van der Waals surface area contributed by atoms with Crippen LogP contribution in [-0.2, 0) is 0 Å². The van der Waals surface area contributed by atoms with Gasteiger partial charge in [0.2, 0.25) is 0 Å². The van der Waals surface area contributed by atoms with Crippen LogP contribution in [0, 0.1) is 0 Å². The maximum atomic E-state index is 6.31. The first-order valence-electron chi connectivity index (χ1n) is 6.23. The largest absolute Gasteiger partial charge is 0.317 e. The van der Waals surface area contributed by atoms with E-state index >= 15 is 0 Å². The van der Waals surface area contributed by atoms with Gasteiger partial charge in [-0.2, -0.15) is 0 Å². The third-order valence-electron chi connectivity index (χ3n) is 3.43. The first-order chi connectivity index (χ1) is 9.78. The number of amidine groups is 1. The maximum Gasteiger partial charge on any atom is 0.169 e.